The highest BCUT2D eigenvalue weighted by Crippen LogP contribution is 2.22. The van der Waals surface area contributed by atoms with E-state index in [1.807, 2.05) is 20.0 Å². The number of piperazine rings is 1. The fourth-order valence-corrected chi connectivity index (χ4v) is 5.09. The lowest BCUT2D eigenvalue weighted by molar-refractivity contribution is 0.0935. The highest BCUT2D eigenvalue weighted by atomic mass is 32.2. The molecule has 1 fully saturated rings. The van der Waals surface area contributed by atoms with Gasteiger partial charge in [0.1, 0.15) is 0 Å². The van der Waals surface area contributed by atoms with E-state index in [0.717, 1.165) is 12.0 Å². The molecule has 7 heteroatoms. The number of hydrogen-bond acceptors (Lipinski definition) is 4. The second-order valence-electron chi connectivity index (χ2n) is 8.01. The van der Waals surface area contributed by atoms with E-state index < -0.39 is 10.0 Å². The van der Waals surface area contributed by atoms with Gasteiger partial charge >= 0.3 is 0 Å². The van der Waals surface area contributed by atoms with E-state index in [9.17, 15) is 13.2 Å². The van der Waals surface area contributed by atoms with E-state index in [1.54, 1.807) is 18.2 Å². The zero-order chi connectivity index (χ0) is 21.9. The predicted octanol–water partition coefficient (Wildman–Crippen LogP) is 3.12. The van der Waals surface area contributed by atoms with Crippen LogP contribution in [0.25, 0.3) is 0 Å². The molecule has 2 aromatic carbocycles. The van der Waals surface area contributed by atoms with Crippen molar-refractivity contribution in [1.29, 1.82) is 0 Å². The molecule has 6 nitrogen and oxygen atoms in total. The summed E-state index contributed by atoms with van der Waals surface area (Å²) in [5.41, 5.74) is 3.80. The smallest absolute Gasteiger partial charge is 0.251 e. The molecule has 1 aliphatic heterocycles. The lowest BCUT2D eigenvalue weighted by Gasteiger charge is -2.31. The molecule has 30 heavy (non-hydrogen) atoms. The second-order valence-corrected chi connectivity index (χ2v) is 9.95. The molecule has 2 aromatic rings. The molecule has 162 valence electrons. The first-order valence-corrected chi connectivity index (χ1v) is 11.8. The zero-order valence-corrected chi connectivity index (χ0v) is 19.0. The van der Waals surface area contributed by atoms with Crippen molar-refractivity contribution in [3.63, 3.8) is 0 Å². The summed E-state index contributed by atoms with van der Waals surface area (Å²) < 4.78 is 27.5. The van der Waals surface area contributed by atoms with Gasteiger partial charge in [0.15, 0.2) is 0 Å². The highest BCUT2D eigenvalue weighted by Gasteiger charge is 2.28. The van der Waals surface area contributed by atoms with E-state index in [0.29, 0.717) is 31.7 Å². The molecule has 1 amide bonds. The number of likely N-dealkylation sites (N-methyl/N-ethyl adjacent to an activating group) is 1. The van der Waals surface area contributed by atoms with Crippen molar-refractivity contribution in [2.24, 2.45) is 0 Å². The summed E-state index contributed by atoms with van der Waals surface area (Å²) in [4.78, 5) is 15.2. The first-order chi connectivity index (χ1) is 14.2. The Hall–Kier alpha value is -2.22. The van der Waals surface area contributed by atoms with Gasteiger partial charge in [-0.25, -0.2) is 8.42 Å². The van der Waals surface area contributed by atoms with Crippen LogP contribution in [0.1, 0.15) is 46.4 Å². The monoisotopic (exact) mass is 429 g/mol. The predicted molar refractivity (Wildman–Crippen MR) is 119 cm³/mol. The molecule has 3 rings (SSSR count). The summed E-state index contributed by atoms with van der Waals surface area (Å²) in [5.74, 6) is -0.268. The van der Waals surface area contributed by atoms with Crippen LogP contribution in [0.2, 0.25) is 0 Å². The third kappa shape index (κ3) is 4.91. The van der Waals surface area contributed by atoms with Gasteiger partial charge in [0.2, 0.25) is 10.0 Å². The molecule has 0 spiro atoms. The second kappa shape index (κ2) is 9.29. The lowest BCUT2D eigenvalue weighted by Crippen LogP contribution is -2.47. The van der Waals surface area contributed by atoms with Crippen molar-refractivity contribution in [1.82, 2.24) is 14.5 Å². The number of carbonyl (C=O) groups excluding carboxylic acids is 1. The van der Waals surface area contributed by atoms with E-state index in [-0.39, 0.29) is 16.8 Å². The summed E-state index contributed by atoms with van der Waals surface area (Å²) in [6, 6.07) is 12.4. The van der Waals surface area contributed by atoms with E-state index in [2.05, 4.69) is 36.2 Å². The highest BCUT2D eigenvalue weighted by molar-refractivity contribution is 7.89. The van der Waals surface area contributed by atoms with Crippen LogP contribution in [-0.4, -0.2) is 56.8 Å². The number of benzene rings is 2. The molecule has 0 bridgehead atoms. The van der Waals surface area contributed by atoms with Gasteiger partial charge in [-0.1, -0.05) is 31.2 Å². The van der Waals surface area contributed by atoms with Gasteiger partial charge in [0.05, 0.1) is 10.9 Å². The van der Waals surface area contributed by atoms with E-state index >= 15 is 0 Å². The first kappa shape index (κ1) is 22.5. The molecule has 0 aromatic heterocycles. The van der Waals surface area contributed by atoms with Crippen LogP contribution in [-0.2, 0) is 10.0 Å². The number of carbonyl (C=O) groups is 1. The molecular weight excluding hydrogens is 398 g/mol. The minimum Gasteiger partial charge on any atom is -0.345 e. The molecule has 1 heterocycles. The SMILES string of the molecule is CC[C@@H](NC(=O)c1cccc(S(=O)(=O)N2CCN(C)CC2)c1)c1ccc(C)c(C)c1. The molecule has 0 aliphatic carbocycles. The molecule has 1 saturated heterocycles. The average Bonchev–Trinajstić information content (AvgIpc) is 2.74. The van der Waals surface area contributed by atoms with Crippen molar-refractivity contribution in [2.45, 2.75) is 38.1 Å². The van der Waals surface area contributed by atoms with Crippen molar-refractivity contribution in [3.05, 3.63) is 64.7 Å². The normalized spacial score (nSPS) is 16.9. The molecule has 0 unspecified atom stereocenters. The van der Waals surface area contributed by atoms with Gasteiger partial charge in [0, 0.05) is 31.7 Å². The van der Waals surface area contributed by atoms with Gasteiger partial charge in [-0.3, -0.25) is 4.79 Å². The van der Waals surface area contributed by atoms with Gasteiger partial charge in [-0.05, 0) is 62.2 Å². The Morgan fingerprint density at radius 1 is 1.03 bits per heavy atom. The van der Waals surface area contributed by atoms with Crippen LogP contribution >= 0.6 is 0 Å². The minimum atomic E-state index is -3.61. The maximum atomic E-state index is 13.0. The Labute approximate surface area is 179 Å². The topological polar surface area (TPSA) is 69.7 Å². The number of hydrogen-bond donors (Lipinski definition) is 1. The standard InChI is InChI=1S/C23H31N3O3S/c1-5-22(19-10-9-17(2)18(3)15-19)24-23(27)20-7-6-8-21(16-20)30(28,29)26-13-11-25(4)12-14-26/h6-10,15-16,22H,5,11-14H2,1-4H3,(H,24,27)/t22-/m1/s1. The van der Waals surface area contributed by atoms with Crippen molar-refractivity contribution in [3.8, 4) is 0 Å². The van der Waals surface area contributed by atoms with Crippen LogP contribution in [0.4, 0.5) is 0 Å². The average molecular weight is 430 g/mol. The number of sulfonamides is 1. The molecule has 0 saturated carbocycles. The Kier molecular flexibility index (Phi) is 6.95. The van der Waals surface area contributed by atoms with Crippen LogP contribution in [0.5, 0.6) is 0 Å². The number of rotatable bonds is 6. The maximum Gasteiger partial charge on any atom is 0.251 e. The summed E-state index contributed by atoms with van der Waals surface area (Å²) in [6.45, 7) is 8.46. The van der Waals surface area contributed by atoms with Crippen molar-refractivity contribution in [2.75, 3.05) is 33.2 Å². The van der Waals surface area contributed by atoms with Crippen LogP contribution < -0.4 is 5.32 Å². The third-order valence-corrected chi connectivity index (χ3v) is 7.74. The fraction of sp³-hybridized carbons (Fsp3) is 0.435. The molecule has 1 atom stereocenters. The zero-order valence-electron chi connectivity index (χ0n) is 18.2. The van der Waals surface area contributed by atoms with Crippen molar-refractivity contribution < 1.29 is 13.2 Å². The molecule has 0 radical (unpaired) electrons. The summed E-state index contributed by atoms with van der Waals surface area (Å²) in [6.07, 6.45) is 0.744. The summed E-state index contributed by atoms with van der Waals surface area (Å²) in [5, 5.41) is 3.06. The third-order valence-electron chi connectivity index (χ3n) is 5.84. The van der Waals surface area contributed by atoms with Gasteiger partial charge in [-0.15, -0.1) is 0 Å². The Bertz CT molecular complexity index is 1010. The lowest BCUT2D eigenvalue weighted by atomic mass is 9.99. The van der Waals surface area contributed by atoms with Crippen LogP contribution in [0.15, 0.2) is 47.4 Å². The Morgan fingerprint density at radius 2 is 1.73 bits per heavy atom. The van der Waals surface area contributed by atoms with Gasteiger partial charge in [0.25, 0.3) is 5.91 Å². The number of aryl methyl sites for hydroxylation is 2. The van der Waals surface area contributed by atoms with E-state index in [4.69, 9.17) is 0 Å². The van der Waals surface area contributed by atoms with E-state index in [1.165, 1.54) is 21.5 Å². The minimum absolute atomic E-state index is 0.130. The quantitative estimate of drug-likeness (QED) is 0.766. The van der Waals surface area contributed by atoms with Crippen LogP contribution in [0.3, 0.4) is 0 Å². The Morgan fingerprint density at radius 3 is 2.37 bits per heavy atom. The molecule has 1 aliphatic rings. The van der Waals surface area contributed by atoms with Gasteiger partial charge < -0.3 is 10.2 Å². The summed E-state index contributed by atoms with van der Waals surface area (Å²) in [7, 11) is -1.63. The first-order valence-electron chi connectivity index (χ1n) is 10.4. The number of nitrogens with one attached hydrogen (secondary N) is 1. The number of nitrogens with zero attached hydrogens (tertiary/aromatic N) is 2. The fourth-order valence-electron chi connectivity index (χ4n) is 3.62. The Balaban J connectivity index is 1.79. The molecular formula is C23H31N3O3S. The van der Waals surface area contributed by atoms with Crippen LogP contribution in [0, 0.1) is 13.8 Å². The van der Waals surface area contributed by atoms with Gasteiger partial charge in [-0.2, -0.15) is 4.31 Å². The van der Waals surface area contributed by atoms with Crippen molar-refractivity contribution >= 4 is 15.9 Å². The molecule has 1 N–H and O–H groups in total. The maximum absolute atomic E-state index is 13.0. The summed E-state index contributed by atoms with van der Waals surface area (Å²) >= 11 is 0. The number of amides is 1. The largest absolute Gasteiger partial charge is 0.345 e.